The average Bonchev–Trinajstić information content (AvgIpc) is 2.30. The molecule has 1 aliphatic rings. The van der Waals surface area contributed by atoms with Gasteiger partial charge in [0.05, 0.1) is 0 Å². The van der Waals surface area contributed by atoms with Crippen LogP contribution in [-0.4, -0.2) is 25.7 Å². The summed E-state index contributed by atoms with van der Waals surface area (Å²) >= 11 is 0. The molecule has 1 fully saturated rings. The number of anilines is 1. The van der Waals surface area contributed by atoms with Gasteiger partial charge < -0.3 is 10.2 Å². The third-order valence-electron chi connectivity index (χ3n) is 3.09. The number of likely N-dealkylation sites (N-methyl/N-ethyl adjacent to an activating group) is 1. The Morgan fingerprint density at radius 1 is 1.50 bits per heavy atom. The van der Waals surface area contributed by atoms with Crippen LogP contribution in [0.4, 0.5) is 10.1 Å². The fraction of sp³-hybridized carbons (Fsp3) is 0.538. The molecule has 0 bridgehead atoms. The molecule has 0 spiro atoms. The summed E-state index contributed by atoms with van der Waals surface area (Å²) in [6.45, 7) is 5.14. The van der Waals surface area contributed by atoms with Gasteiger partial charge in [-0.3, -0.25) is 0 Å². The van der Waals surface area contributed by atoms with Gasteiger partial charge in [0.1, 0.15) is 5.82 Å². The molecule has 2 rings (SSSR count). The Kier molecular flexibility index (Phi) is 3.78. The topological polar surface area (TPSA) is 15.3 Å². The molecule has 0 aliphatic carbocycles. The molecule has 1 aromatic carbocycles. The Hall–Kier alpha value is -1.09. The van der Waals surface area contributed by atoms with E-state index in [0.29, 0.717) is 6.04 Å². The molecule has 1 N–H and O–H groups in total. The van der Waals surface area contributed by atoms with Crippen LogP contribution >= 0.6 is 0 Å². The van der Waals surface area contributed by atoms with Crippen molar-refractivity contribution in [1.82, 2.24) is 5.32 Å². The van der Waals surface area contributed by atoms with E-state index < -0.39 is 0 Å². The minimum Gasteiger partial charge on any atom is -0.370 e. The van der Waals surface area contributed by atoms with Crippen molar-refractivity contribution in [3.05, 3.63) is 30.1 Å². The number of hydrogen-bond acceptors (Lipinski definition) is 2. The minimum absolute atomic E-state index is 0.150. The molecule has 1 heterocycles. The number of halogens is 1. The van der Waals surface area contributed by atoms with Gasteiger partial charge in [0, 0.05) is 24.8 Å². The Bertz CT molecular complexity index is 338. The number of benzene rings is 1. The zero-order valence-corrected chi connectivity index (χ0v) is 9.75. The Morgan fingerprint density at radius 3 is 3.12 bits per heavy atom. The van der Waals surface area contributed by atoms with E-state index in [0.717, 1.165) is 25.3 Å². The van der Waals surface area contributed by atoms with Gasteiger partial charge in [-0.1, -0.05) is 13.0 Å². The minimum atomic E-state index is -0.150. The second-order valence-corrected chi connectivity index (χ2v) is 4.32. The van der Waals surface area contributed by atoms with Crippen LogP contribution in [0.25, 0.3) is 0 Å². The van der Waals surface area contributed by atoms with Crippen LogP contribution in [-0.2, 0) is 0 Å². The molecule has 1 aliphatic heterocycles. The standard InChI is InChI=1S/C13H19FN2/c1-2-15-12-6-4-8-16(10-12)13-7-3-5-11(14)9-13/h3,5,7,9,12,15H,2,4,6,8,10H2,1H3. The van der Waals surface area contributed by atoms with Gasteiger partial charge in [-0.05, 0) is 37.6 Å². The first-order valence-corrected chi connectivity index (χ1v) is 6.03. The van der Waals surface area contributed by atoms with Gasteiger partial charge >= 0.3 is 0 Å². The molecule has 2 nitrogen and oxygen atoms in total. The van der Waals surface area contributed by atoms with Crippen LogP contribution in [0.15, 0.2) is 24.3 Å². The van der Waals surface area contributed by atoms with Gasteiger partial charge in [0.2, 0.25) is 0 Å². The van der Waals surface area contributed by atoms with Crippen LogP contribution in [0.1, 0.15) is 19.8 Å². The van der Waals surface area contributed by atoms with Crippen LogP contribution in [0.3, 0.4) is 0 Å². The van der Waals surface area contributed by atoms with Gasteiger partial charge in [-0.25, -0.2) is 4.39 Å². The van der Waals surface area contributed by atoms with Crippen LogP contribution < -0.4 is 10.2 Å². The molecule has 0 saturated carbocycles. The van der Waals surface area contributed by atoms with Gasteiger partial charge in [-0.2, -0.15) is 0 Å². The summed E-state index contributed by atoms with van der Waals surface area (Å²) < 4.78 is 13.1. The second-order valence-electron chi connectivity index (χ2n) is 4.32. The van der Waals surface area contributed by atoms with E-state index in [9.17, 15) is 4.39 Å². The van der Waals surface area contributed by atoms with Crippen molar-refractivity contribution in [2.45, 2.75) is 25.8 Å². The van der Waals surface area contributed by atoms with Gasteiger partial charge in [0.15, 0.2) is 0 Å². The van der Waals surface area contributed by atoms with Gasteiger partial charge in [-0.15, -0.1) is 0 Å². The summed E-state index contributed by atoms with van der Waals surface area (Å²) in [5.41, 5.74) is 1.00. The molecule has 16 heavy (non-hydrogen) atoms. The van der Waals surface area contributed by atoms with E-state index in [1.54, 1.807) is 12.1 Å². The Balaban J connectivity index is 2.03. The molecule has 1 unspecified atom stereocenters. The maximum Gasteiger partial charge on any atom is 0.125 e. The predicted octanol–water partition coefficient (Wildman–Crippen LogP) is 2.40. The molecule has 0 aromatic heterocycles. The van der Waals surface area contributed by atoms with E-state index in [4.69, 9.17) is 0 Å². The summed E-state index contributed by atoms with van der Waals surface area (Å²) in [7, 11) is 0. The maximum atomic E-state index is 13.1. The van der Waals surface area contributed by atoms with Crippen molar-refractivity contribution in [1.29, 1.82) is 0 Å². The predicted molar refractivity (Wildman–Crippen MR) is 65.3 cm³/mol. The molecular formula is C13H19FN2. The normalized spacial score (nSPS) is 21.1. The Labute approximate surface area is 96.5 Å². The largest absolute Gasteiger partial charge is 0.370 e. The van der Waals surface area contributed by atoms with Crippen LogP contribution in [0.2, 0.25) is 0 Å². The van der Waals surface area contributed by atoms with E-state index in [1.165, 1.54) is 18.9 Å². The van der Waals surface area contributed by atoms with Gasteiger partial charge in [0.25, 0.3) is 0 Å². The van der Waals surface area contributed by atoms with E-state index in [1.807, 2.05) is 6.07 Å². The summed E-state index contributed by atoms with van der Waals surface area (Å²) in [6.07, 6.45) is 2.40. The van der Waals surface area contributed by atoms with Crippen molar-refractivity contribution in [3.8, 4) is 0 Å². The summed E-state index contributed by atoms with van der Waals surface area (Å²) in [5, 5.41) is 3.46. The highest BCUT2D eigenvalue weighted by Crippen LogP contribution is 2.20. The molecule has 3 heteroatoms. The fourth-order valence-corrected chi connectivity index (χ4v) is 2.34. The summed E-state index contributed by atoms with van der Waals surface area (Å²) in [5.74, 6) is -0.150. The molecule has 1 saturated heterocycles. The number of nitrogens with zero attached hydrogens (tertiary/aromatic N) is 1. The maximum absolute atomic E-state index is 13.1. The number of hydrogen-bond donors (Lipinski definition) is 1. The lowest BCUT2D eigenvalue weighted by Gasteiger charge is -2.34. The first kappa shape index (κ1) is 11.4. The SMILES string of the molecule is CCNC1CCCN(c2cccc(F)c2)C1. The second kappa shape index (κ2) is 5.30. The lowest BCUT2D eigenvalue weighted by molar-refractivity contribution is 0.431. The smallest absolute Gasteiger partial charge is 0.125 e. The number of nitrogens with one attached hydrogen (secondary N) is 1. The van der Waals surface area contributed by atoms with Crippen molar-refractivity contribution in [2.24, 2.45) is 0 Å². The van der Waals surface area contributed by atoms with Crippen molar-refractivity contribution >= 4 is 5.69 Å². The highest BCUT2D eigenvalue weighted by atomic mass is 19.1. The summed E-state index contributed by atoms with van der Waals surface area (Å²) in [4.78, 5) is 2.26. The molecule has 0 radical (unpaired) electrons. The highest BCUT2D eigenvalue weighted by Gasteiger charge is 2.19. The van der Waals surface area contributed by atoms with Crippen LogP contribution in [0.5, 0.6) is 0 Å². The first-order valence-electron chi connectivity index (χ1n) is 6.03. The lowest BCUT2D eigenvalue weighted by Crippen LogP contribution is -2.45. The zero-order valence-electron chi connectivity index (χ0n) is 9.75. The fourth-order valence-electron chi connectivity index (χ4n) is 2.34. The first-order chi connectivity index (χ1) is 7.79. The van der Waals surface area contributed by atoms with Crippen molar-refractivity contribution in [2.75, 3.05) is 24.5 Å². The lowest BCUT2D eigenvalue weighted by atomic mass is 10.0. The molecule has 1 aromatic rings. The van der Waals surface area contributed by atoms with E-state index in [2.05, 4.69) is 17.1 Å². The third kappa shape index (κ3) is 2.73. The van der Waals surface area contributed by atoms with Crippen molar-refractivity contribution in [3.63, 3.8) is 0 Å². The number of rotatable bonds is 3. The molecule has 0 amide bonds. The molecular weight excluding hydrogens is 203 g/mol. The Morgan fingerprint density at radius 2 is 2.38 bits per heavy atom. The molecule has 1 atom stereocenters. The number of piperidine rings is 1. The van der Waals surface area contributed by atoms with Crippen molar-refractivity contribution < 1.29 is 4.39 Å². The monoisotopic (exact) mass is 222 g/mol. The molecule has 88 valence electrons. The average molecular weight is 222 g/mol. The zero-order chi connectivity index (χ0) is 11.4. The van der Waals surface area contributed by atoms with E-state index >= 15 is 0 Å². The highest BCUT2D eigenvalue weighted by molar-refractivity contribution is 5.47. The third-order valence-corrected chi connectivity index (χ3v) is 3.09. The summed E-state index contributed by atoms with van der Waals surface area (Å²) in [6, 6.07) is 7.42. The quantitative estimate of drug-likeness (QED) is 0.845. The van der Waals surface area contributed by atoms with E-state index in [-0.39, 0.29) is 5.82 Å². The van der Waals surface area contributed by atoms with Crippen LogP contribution in [0, 0.1) is 5.82 Å².